The average molecular weight is 287 g/mol. The summed E-state index contributed by atoms with van der Waals surface area (Å²) in [6.45, 7) is 1.72. The molecule has 1 aromatic heterocycles. The van der Waals surface area contributed by atoms with Gasteiger partial charge in [0.2, 0.25) is 0 Å². The summed E-state index contributed by atoms with van der Waals surface area (Å²) >= 11 is 0. The number of carbonyl (C=O) groups is 2. The van der Waals surface area contributed by atoms with Gasteiger partial charge in [0.05, 0.1) is 25.2 Å². The van der Waals surface area contributed by atoms with Gasteiger partial charge in [0.1, 0.15) is 5.69 Å². The molecule has 0 aliphatic carbocycles. The second-order valence-corrected chi connectivity index (χ2v) is 4.53. The summed E-state index contributed by atoms with van der Waals surface area (Å²) in [7, 11) is 0. The highest BCUT2D eigenvalue weighted by Gasteiger charge is 2.18. The third kappa shape index (κ3) is 3.68. The first-order valence-electron chi connectivity index (χ1n) is 6.53. The Morgan fingerprint density at radius 1 is 1.33 bits per heavy atom. The van der Waals surface area contributed by atoms with Crippen molar-refractivity contribution >= 4 is 11.9 Å². The third-order valence-electron chi connectivity index (χ3n) is 3.11. The molecule has 0 saturated carbocycles. The van der Waals surface area contributed by atoms with Crippen LogP contribution in [-0.2, 0) is 9.53 Å². The van der Waals surface area contributed by atoms with Crippen LogP contribution in [0, 0.1) is 0 Å². The normalized spacial score (nSPS) is 11.9. The van der Waals surface area contributed by atoms with Crippen molar-refractivity contribution in [2.24, 2.45) is 0 Å². The van der Waals surface area contributed by atoms with Crippen molar-refractivity contribution in [2.75, 3.05) is 6.61 Å². The van der Waals surface area contributed by atoms with Gasteiger partial charge < -0.3 is 19.2 Å². The standard InChI is InChI=1S/C15H16N2O4/c1-11(12-5-3-2-4-6-12)17-10-16-9-13(17)15(20)21-8-7-14(18)19/h2-6,9-11H,7-8H2,1H3,(H,18,19)/p-1/t11-/m1/s1. The van der Waals surface area contributed by atoms with Gasteiger partial charge in [0.25, 0.3) is 0 Å². The summed E-state index contributed by atoms with van der Waals surface area (Å²) in [5.74, 6) is -1.86. The molecule has 1 heterocycles. The lowest BCUT2D eigenvalue weighted by molar-refractivity contribution is -0.306. The van der Waals surface area contributed by atoms with Crippen molar-refractivity contribution in [2.45, 2.75) is 19.4 Å². The minimum Gasteiger partial charge on any atom is -0.550 e. The molecule has 0 bridgehead atoms. The Morgan fingerprint density at radius 2 is 2.05 bits per heavy atom. The lowest BCUT2D eigenvalue weighted by atomic mass is 10.1. The van der Waals surface area contributed by atoms with Crippen LogP contribution in [0.1, 0.15) is 35.4 Å². The molecule has 0 aliphatic rings. The maximum atomic E-state index is 11.9. The van der Waals surface area contributed by atoms with Crippen LogP contribution in [0.4, 0.5) is 0 Å². The molecule has 0 radical (unpaired) electrons. The molecule has 0 unspecified atom stereocenters. The first kappa shape index (κ1) is 14.8. The fourth-order valence-corrected chi connectivity index (χ4v) is 1.96. The van der Waals surface area contributed by atoms with Crippen molar-refractivity contribution in [3.05, 3.63) is 54.1 Å². The van der Waals surface area contributed by atoms with E-state index in [1.807, 2.05) is 37.3 Å². The number of esters is 1. The van der Waals surface area contributed by atoms with Gasteiger partial charge in [-0.25, -0.2) is 9.78 Å². The van der Waals surface area contributed by atoms with Crippen LogP contribution in [0.2, 0.25) is 0 Å². The van der Waals surface area contributed by atoms with E-state index in [0.29, 0.717) is 0 Å². The van der Waals surface area contributed by atoms with Gasteiger partial charge in [-0.2, -0.15) is 0 Å². The van der Waals surface area contributed by atoms with Crippen molar-refractivity contribution < 1.29 is 19.4 Å². The quantitative estimate of drug-likeness (QED) is 0.733. The Labute approximate surface area is 122 Å². The highest BCUT2D eigenvalue weighted by atomic mass is 16.5. The second kappa shape index (κ2) is 6.69. The monoisotopic (exact) mass is 287 g/mol. The number of hydrogen-bond acceptors (Lipinski definition) is 5. The Hall–Kier alpha value is -2.63. The van der Waals surface area contributed by atoms with E-state index in [0.717, 1.165) is 5.56 Å². The third-order valence-corrected chi connectivity index (χ3v) is 3.11. The van der Waals surface area contributed by atoms with Gasteiger partial charge in [-0.05, 0) is 12.5 Å². The molecular weight excluding hydrogens is 272 g/mol. The smallest absolute Gasteiger partial charge is 0.356 e. The lowest BCUT2D eigenvalue weighted by Gasteiger charge is -2.16. The molecule has 0 spiro atoms. The van der Waals surface area contributed by atoms with E-state index in [1.165, 1.54) is 6.20 Å². The number of carbonyl (C=O) groups excluding carboxylic acids is 2. The molecule has 21 heavy (non-hydrogen) atoms. The van der Waals surface area contributed by atoms with Gasteiger partial charge in [-0.15, -0.1) is 0 Å². The molecule has 0 aliphatic heterocycles. The highest BCUT2D eigenvalue weighted by Crippen LogP contribution is 2.19. The van der Waals surface area contributed by atoms with E-state index in [1.54, 1.807) is 10.9 Å². The highest BCUT2D eigenvalue weighted by molar-refractivity contribution is 5.87. The lowest BCUT2D eigenvalue weighted by Crippen LogP contribution is -2.24. The maximum Gasteiger partial charge on any atom is 0.356 e. The van der Waals surface area contributed by atoms with E-state index in [2.05, 4.69) is 4.98 Å². The van der Waals surface area contributed by atoms with Crippen molar-refractivity contribution in [1.29, 1.82) is 0 Å². The van der Waals surface area contributed by atoms with Crippen molar-refractivity contribution in [3.8, 4) is 0 Å². The fraction of sp³-hybridized carbons (Fsp3) is 0.267. The number of rotatable bonds is 6. The molecule has 0 saturated heterocycles. The zero-order chi connectivity index (χ0) is 15.2. The van der Waals surface area contributed by atoms with E-state index in [-0.39, 0.29) is 24.8 Å². The molecule has 1 atom stereocenters. The van der Waals surface area contributed by atoms with Crippen LogP contribution in [0.15, 0.2) is 42.9 Å². The number of carboxylic acids is 1. The minimum absolute atomic E-state index is 0.0857. The summed E-state index contributed by atoms with van der Waals surface area (Å²) in [4.78, 5) is 26.2. The predicted molar refractivity (Wildman–Crippen MR) is 72.4 cm³/mol. The second-order valence-electron chi connectivity index (χ2n) is 4.53. The van der Waals surface area contributed by atoms with Crippen LogP contribution in [-0.4, -0.2) is 28.1 Å². The fourth-order valence-electron chi connectivity index (χ4n) is 1.96. The van der Waals surface area contributed by atoms with Gasteiger partial charge in [-0.3, -0.25) is 0 Å². The van der Waals surface area contributed by atoms with Crippen molar-refractivity contribution in [1.82, 2.24) is 9.55 Å². The summed E-state index contributed by atoms with van der Waals surface area (Å²) < 4.78 is 6.59. The number of hydrogen-bond donors (Lipinski definition) is 0. The molecule has 0 amide bonds. The van der Waals surface area contributed by atoms with Crippen LogP contribution in [0.25, 0.3) is 0 Å². The van der Waals surface area contributed by atoms with Crippen LogP contribution < -0.4 is 5.11 Å². The summed E-state index contributed by atoms with van der Waals surface area (Å²) in [6.07, 6.45) is 2.63. The van der Waals surface area contributed by atoms with Crippen molar-refractivity contribution in [3.63, 3.8) is 0 Å². The number of aromatic nitrogens is 2. The molecular formula is C15H15N2O4-. The molecule has 2 aromatic rings. The van der Waals surface area contributed by atoms with E-state index >= 15 is 0 Å². The van der Waals surface area contributed by atoms with Crippen LogP contribution in [0.3, 0.4) is 0 Å². The van der Waals surface area contributed by atoms with Crippen LogP contribution in [0.5, 0.6) is 0 Å². The summed E-state index contributed by atoms with van der Waals surface area (Å²) in [6, 6.07) is 9.57. The molecule has 2 rings (SSSR count). The first-order valence-corrected chi connectivity index (χ1v) is 6.53. The zero-order valence-corrected chi connectivity index (χ0v) is 11.6. The molecule has 0 N–H and O–H groups in total. The van der Waals surface area contributed by atoms with Gasteiger partial charge in [0.15, 0.2) is 0 Å². The largest absolute Gasteiger partial charge is 0.550 e. The summed E-state index contributed by atoms with van der Waals surface area (Å²) in [5.41, 5.74) is 1.31. The van der Waals surface area contributed by atoms with E-state index in [9.17, 15) is 14.7 Å². The minimum atomic E-state index is -1.26. The summed E-state index contributed by atoms with van der Waals surface area (Å²) in [5, 5.41) is 10.3. The van der Waals surface area contributed by atoms with E-state index in [4.69, 9.17) is 4.74 Å². The predicted octanol–water partition coefficient (Wildman–Crippen LogP) is 0.789. The Kier molecular flexibility index (Phi) is 4.71. The molecule has 6 heteroatoms. The number of benzene rings is 1. The van der Waals surface area contributed by atoms with Gasteiger partial charge in [-0.1, -0.05) is 30.3 Å². The number of ether oxygens (including phenoxy) is 1. The Balaban J connectivity index is 2.11. The SMILES string of the molecule is C[C@H](c1ccccc1)n1cncc1C(=O)OCCC(=O)[O-]. The number of nitrogens with zero attached hydrogens (tertiary/aromatic N) is 2. The Morgan fingerprint density at radius 3 is 2.71 bits per heavy atom. The molecule has 6 nitrogen and oxygen atoms in total. The van der Waals surface area contributed by atoms with Crippen LogP contribution >= 0.6 is 0 Å². The number of imidazole rings is 1. The number of carboxylic acid groups (broad SMARTS) is 1. The topological polar surface area (TPSA) is 84.2 Å². The van der Waals surface area contributed by atoms with Gasteiger partial charge in [0, 0.05) is 12.4 Å². The molecule has 110 valence electrons. The molecule has 1 aromatic carbocycles. The zero-order valence-electron chi connectivity index (χ0n) is 11.6. The maximum absolute atomic E-state index is 11.9. The first-order chi connectivity index (χ1) is 10.1. The Bertz CT molecular complexity index is 622. The number of aliphatic carboxylic acids is 1. The van der Waals surface area contributed by atoms with Gasteiger partial charge >= 0.3 is 5.97 Å². The molecule has 0 fully saturated rings. The average Bonchev–Trinajstić information content (AvgIpc) is 2.96. The van der Waals surface area contributed by atoms with E-state index < -0.39 is 11.9 Å².